The summed E-state index contributed by atoms with van der Waals surface area (Å²) in [4.78, 5) is 22.0. The smallest absolute Gasteiger partial charge is 0.304 e. The van der Waals surface area contributed by atoms with E-state index in [0.29, 0.717) is 0 Å². The fraction of sp³-hybridized carbons (Fsp3) is 0.778. The molecule has 0 aliphatic heterocycles. The number of carboxylic acid groups (broad SMARTS) is 1. The number of hydroxylamine groups is 2. The molecule has 2 N–H and O–H groups in total. The zero-order valence-electron chi connectivity index (χ0n) is 8.42. The van der Waals surface area contributed by atoms with Gasteiger partial charge in [0.2, 0.25) is 0 Å². The lowest BCUT2D eigenvalue weighted by molar-refractivity contribution is -0.141. The highest BCUT2D eigenvalue weighted by atomic mass is 16.8. The van der Waals surface area contributed by atoms with Crippen LogP contribution in [0.2, 0.25) is 0 Å². The topological polar surface area (TPSA) is 101 Å². The van der Waals surface area contributed by atoms with E-state index in [2.05, 4.69) is 0 Å². The molecule has 0 bridgehead atoms. The zero-order chi connectivity index (χ0) is 11.6. The number of carboxylic acids is 1. The Bertz CT molecular complexity index is 265. The van der Waals surface area contributed by atoms with Gasteiger partial charge in [-0.15, -0.1) is 0 Å². The monoisotopic (exact) mass is 216 g/mol. The van der Waals surface area contributed by atoms with Crippen LogP contribution in [0.15, 0.2) is 0 Å². The van der Waals surface area contributed by atoms with Crippen LogP contribution in [0, 0.1) is 23.0 Å². The molecular formula is C9H14NO5-. The molecule has 15 heavy (non-hydrogen) atoms. The van der Waals surface area contributed by atoms with Crippen LogP contribution in [0.25, 0.3) is 0 Å². The number of Topliss-reactive ketones (excluding diaryl/α,β-unsaturated/α-hetero) is 1. The Balaban J connectivity index is 2.70. The molecule has 1 aliphatic carbocycles. The Morgan fingerprint density at radius 3 is 2.73 bits per heavy atom. The van der Waals surface area contributed by atoms with Gasteiger partial charge in [0.05, 0.1) is 6.42 Å². The fourth-order valence-corrected chi connectivity index (χ4v) is 2.20. The number of carbonyl (C=O) groups excluding carboxylic acids is 1. The lowest BCUT2D eigenvalue weighted by Crippen LogP contribution is -2.29. The van der Waals surface area contributed by atoms with Gasteiger partial charge in [0.15, 0.2) is 0 Å². The standard InChI is InChI=1S/C9H14NO5/c1-5-2-8(11)6(3-9(12)13)7(5)4-10(14)15/h5-7,14H,2-4H2,1H3,(H,12,13)/q-1. The minimum Gasteiger partial charge on any atom is -0.762 e. The molecule has 1 saturated carbocycles. The third-order valence-electron chi connectivity index (χ3n) is 2.95. The van der Waals surface area contributed by atoms with Gasteiger partial charge >= 0.3 is 5.97 Å². The molecule has 0 radical (unpaired) electrons. The largest absolute Gasteiger partial charge is 0.762 e. The van der Waals surface area contributed by atoms with E-state index in [0.717, 1.165) is 0 Å². The van der Waals surface area contributed by atoms with E-state index in [4.69, 9.17) is 10.3 Å². The maximum atomic E-state index is 11.4. The summed E-state index contributed by atoms with van der Waals surface area (Å²) >= 11 is 0. The minimum atomic E-state index is -1.05. The second kappa shape index (κ2) is 4.69. The number of nitrogens with zero attached hydrogens (tertiary/aromatic N) is 1. The van der Waals surface area contributed by atoms with Gasteiger partial charge in [-0.1, -0.05) is 6.92 Å². The zero-order valence-corrected chi connectivity index (χ0v) is 8.42. The Labute approximate surface area is 87.0 Å². The van der Waals surface area contributed by atoms with E-state index in [1.807, 2.05) is 0 Å². The molecule has 3 atom stereocenters. The molecule has 86 valence electrons. The van der Waals surface area contributed by atoms with Crippen molar-refractivity contribution in [3.63, 3.8) is 0 Å². The highest BCUT2D eigenvalue weighted by molar-refractivity contribution is 5.87. The minimum absolute atomic E-state index is 0.0505. The summed E-state index contributed by atoms with van der Waals surface area (Å²) in [5, 5.41) is 27.5. The maximum Gasteiger partial charge on any atom is 0.304 e. The summed E-state index contributed by atoms with van der Waals surface area (Å²) in [6, 6.07) is 0. The van der Waals surface area contributed by atoms with Crippen LogP contribution < -0.4 is 0 Å². The van der Waals surface area contributed by atoms with Crippen LogP contribution in [-0.4, -0.2) is 33.8 Å². The van der Waals surface area contributed by atoms with Crippen molar-refractivity contribution in [2.75, 3.05) is 6.54 Å². The number of carbonyl (C=O) groups is 2. The van der Waals surface area contributed by atoms with Crippen molar-refractivity contribution in [1.29, 1.82) is 0 Å². The van der Waals surface area contributed by atoms with Crippen molar-refractivity contribution >= 4 is 11.8 Å². The van der Waals surface area contributed by atoms with E-state index in [1.54, 1.807) is 6.92 Å². The normalized spacial score (nSPS) is 31.2. The molecule has 0 aromatic heterocycles. The lowest BCUT2D eigenvalue weighted by Gasteiger charge is -2.28. The lowest BCUT2D eigenvalue weighted by atomic mass is 9.88. The van der Waals surface area contributed by atoms with Crippen molar-refractivity contribution in [2.45, 2.75) is 19.8 Å². The molecule has 0 spiro atoms. The van der Waals surface area contributed by atoms with Crippen molar-refractivity contribution in [3.05, 3.63) is 5.21 Å². The van der Waals surface area contributed by atoms with Gasteiger partial charge in [-0.05, 0) is 11.8 Å². The fourth-order valence-electron chi connectivity index (χ4n) is 2.20. The summed E-state index contributed by atoms with van der Waals surface area (Å²) in [6.45, 7) is 1.58. The van der Waals surface area contributed by atoms with Gasteiger partial charge < -0.3 is 15.5 Å². The summed E-state index contributed by atoms with van der Waals surface area (Å²) in [5.41, 5.74) is 0. The van der Waals surface area contributed by atoms with Crippen molar-refractivity contribution in [3.8, 4) is 0 Å². The molecule has 0 heterocycles. The summed E-state index contributed by atoms with van der Waals surface area (Å²) in [6.07, 6.45) is 0.0259. The van der Waals surface area contributed by atoms with E-state index < -0.39 is 11.9 Å². The van der Waals surface area contributed by atoms with E-state index >= 15 is 0 Å². The number of ketones is 1. The molecule has 0 aromatic carbocycles. The molecule has 3 unspecified atom stereocenters. The number of rotatable bonds is 4. The quantitative estimate of drug-likeness (QED) is 0.663. The Kier molecular flexibility index (Phi) is 3.78. The first-order valence-electron chi connectivity index (χ1n) is 4.80. The average molecular weight is 216 g/mol. The molecule has 1 aliphatic rings. The first kappa shape index (κ1) is 12.1. The van der Waals surface area contributed by atoms with E-state index in [1.165, 1.54) is 0 Å². The number of aliphatic carboxylic acids is 1. The van der Waals surface area contributed by atoms with Gasteiger partial charge in [0.25, 0.3) is 0 Å². The third-order valence-corrected chi connectivity index (χ3v) is 2.95. The second-order valence-electron chi connectivity index (χ2n) is 4.05. The molecule has 6 nitrogen and oxygen atoms in total. The van der Waals surface area contributed by atoms with Crippen molar-refractivity contribution in [2.24, 2.45) is 17.8 Å². The molecule has 0 amide bonds. The van der Waals surface area contributed by atoms with Crippen LogP contribution in [-0.2, 0) is 9.59 Å². The molecular weight excluding hydrogens is 202 g/mol. The molecule has 1 rings (SSSR count). The van der Waals surface area contributed by atoms with Gasteiger partial charge in [-0.25, -0.2) is 0 Å². The molecule has 0 saturated heterocycles. The molecule has 1 fully saturated rings. The predicted molar refractivity (Wildman–Crippen MR) is 49.9 cm³/mol. The van der Waals surface area contributed by atoms with Crippen LogP contribution in [0.5, 0.6) is 0 Å². The number of hydrogen-bond acceptors (Lipinski definition) is 5. The first-order chi connectivity index (χ1) is 6.91. The summed E-state index contributed by atoms with van der Waals surface area (Å²) < 4.78 is 0. The van der Waals surface area contributed by atoms with Crippen LogP contribution >= 0.6 is 0 Å². The Morgan fingerprint density at radius 2 is 2.27 bits per heavy atom. The van der Waals surface area contributed by atoms with E-state index in [9.17, 15) is 14.8 Å². The predicted octanol–water partition coefficient (Wildman–Crippen LogP) is 0.491. The molecule has 6 heteroatoms. The summed E-state index contributed by atoms with van der Waals surface area (Å²) in [7, 11) is 0. The maximum absolute atomic E-state index is 11.4. The first-order valence-corrected chi connectivity index (χ1v) is 4.80. The van der Waals surface area contributed by atoms with Crippen LogP contribution in [0.3, 0.4) is 0 Å². The average Bonchev–Trinajstić information content (AvgIpc) is 2.30. The van der Waals surface area contributed by atoms with Crippen molar-refractivity contribution < 1.29 is 19.9 Å². The Morgan fingerprint density at radius 1 is 1.67 bits per heavy atom. The number of hydrogen-bond donors (Lipinski definition) is 2. The van der Waals surface area contributed by atoms with Gasteiger partial charge in [-0.2, -0.15) is 0 Å². The van der Waals surface area contributed by atoms with E-state index in [-0.39, 0.29) is 42.2 Å². The van der Waals surface area contributed by atoms with Crippen LogP contribution in [0.1, 0.15) is 19.8 Å². The molecule has 0 aromatic rings. The van der Waals surface area contributed by atoms with Gasteiger partial charge in [-0.3, -0.25) is 14.8 Å². The van der Waals surface area contributed by atoms with Gasteiger partial charge in [0, 0.05) is 18.9 Å². The highest BCUT2D eigenvalue weighted by Gasteiger charge is 2.40. The summed E-state index contributed by atoms with van der Waals surface area (Å²) in [5.74, 6) is -2.23. The van der Waals surface area contributed by atoms with Crippen LogP contribution in [0.4, 0.5) is 0 Å². The SMILES string of the molecule is CC1CC(=O)C(CC(=O)O)C1CN([O-])O. The third kappa shape index (κ3) is 2.98. The highest BCUT2D eigenvalue weighted by Crippen LogP contribution is 2.36. The van der Waals surface area contributed by atoms with Crippen molar-refractivity contribution in [1.82, 2.24) is 5.23 Å². The second-order valence-corrected chi connectivity index (χ2v) is 4.05. The van der Waals surface area contributed by atoms with Gasteiger partial charge in [0.1, 0.15) is 5.78 Å². The Hall–Kier alpha value is -0.980.